The summed E-state index contributed by atoms with van der Waals surface area (Å²) in [6.45, 7) is 7.06. The molecular formula is C13H25N3O2. The van der Waals surface area contributed by atoms with E-state index in [1.807, 2.05) is 13.8 Å². The van der Waals surface area contributed by atoms with E-state index in [1.165, 1.54) is 0 Å². The number of likely N-dealkylation sites (N-methyl/N-ethyl adjacent to an activating group) is 1. The SMILES string of the molecule is CCN(C)C(=O)C(C)NC(=O)C1(C)CCCCN1. The normalized spacial score (nSPS) is 25.3. The number of carbonyl (C=O) groups is 2. The van der Waals surface area contributed by atoms with Crippen LogP contribution in [-0.4, -0.2) is 48.4 Å². The Kier molecular flexibility index (Phi) is 5.14. The van der Waals surface area contributed by atoms with E-state index in [1.54, 1.807) is 18.9 Å². The maximum Gasteiger partial charge on any atom is 0.244 e. The molecule has 5 heteroatoms. The summed E-state index contributed by atoms with van der Waals surface area (Å²) in [6.07, 6.45) is 2.98. The number of rotatable bonds is 4. The lowest BCUT2D eigenvalue weighted by Crippen LogP contribution is -2.60. The second-order valence-corrected chi connectivity index (χ2v) is 5.26. The van der Waals surface area contributed by atoms with Gasteiger partial charge in [0.05, 0.1) is 5.54 Å². The van der Waals surface area contributed by atoms with E-state index >= 15 is 0 Å². The average Bonchev–Trinajstić information content (AvgIpc) is 2.37. The molecule has 0 aromatic carbocycles. The van der Waals surface area contributed by atoms with Crippen molar-refractivity contribution in [2.75, 3.05) is 20.1 Å². The maximum absolute atomic E-state index is 12.2. The third-order valence-corrected chi connectivity index (χ3v) is 3.69. The number of hydrogen-bond donors (Lipinski definition) is 2. The van der Waals surface area contributed by atoms with Gasteiger partial charge in [0.25, 0.3) is 0 Å². The minimum absolute atomic E-state index is 0.0507. The molecule has 1 rings (SSSR count). The number of amides is 2. The number of nitrogens with one attached hydrogen (secondary N) is 2. The minimum atomic E-state index is -0.530. The molecule has 0 saturated carbocycles. The molecule has 1 saturated heterocycles. The highest BCUT2D eigenvalue weighted by molar-refractivity contribution is 5.91. The maximum atomic E-state index is 12.2. The molecule has 0 aromatic rings. The van der Waals surface area contributed by atoms with Crippen LogP contribution < -0.4 is 10.6 Å². The van der Waals surface area contributed by atoms with Crippen molar-refractivity contribution in [1.29, 1.82) is 0 Å². The largest absolute Gasteiger partial charge is 0.344 e. The van der Waals surface area contributed by atoms with Gasteiger partial charge in [-0.25, -0.2) is 0 Å². The molecule has 0 radical (unpaired) electrons. The van der Waals surface area contributed by atoms with Gasteiger partial charge in [-0.2, -0.15) is 0 Å². The van der Waals surface area contributed by atoms with Crippen molar-refractivity contribution < 1.29 is 9.59 Å². The molecule has 1 aliphatic rings. The Bertz CT molecular complexity index is 311. The fourth-order valence-corrected chi connectivity index (χ4v) is 2.15. The third kappa shape index (κ3) is 3.45. The van der Waals surface area contributed by atoms with Crippen LogP contribution >= 0.6 is 0 Å². The molecule has 2 unspecified atom stereocenters. The quantitative estimate of drug-likeness (QED) is 0.769. The summed E-state index contributed by atoms with van der Waals surface area (Å²) >= 11 is 0. The van der Waals surface area contributed by atoms with E-state index in [9.17, 15) is 9.59 Å². The first-order chi connectivity index (χ1) is 8.40. The van der Waals surface area contributed by atoms with E-state index in [-0.39, 0.29) is 11.8 Å². The van der Waals surface area contributed by atoms with E-state index in [2.05, 4.69) is 10.6 Å². The van der Waals surface area contributed by atoms with Gasteiger partial charge in [0.2, 0.25) is 11.8 Å². The molecule has 2 atom stereocenters. The van der Waals surface area contributed by atoms with Gasteiger partial charge in [-0.1, -0.05) is 0 Å². The topological polar surface area (TPSA) is 61.4 Å². The van der Waals surface area contributed by atoms with Crippen molar-refractivity contribution >= 4 is 11.8 Å². The van der Waals surface area contributed by atoms with Crippen molar-refractivity contribution in [3.8, 4) is 0 Å². The van der Waals surface area contributed by atoms with Gasteiger partial charge < -0.3 is 15.5 Å². The van der Waals surface area contributed by atoms with Crippen LogP contribution in [0.1, 0.15) is 40.0 Å². The van der Waals surface area contributed by atoms with Crippen LogP contribution in [0.25, 0.3) is 0 Å². The number of nitrogens with zero attached hydrogens (tertiary/aromatic N) is 1. The van der Waals surface area contributed by atoms with Gasteiger partial charge in [-0.05, 0) is 46.6 Å². The summed E-state index contributed by atoms with van der Waals surface area (Å²) < 4.78 is 0. The summed E-state index contributed by atoms with van der Waals surface area (Å²) in [5.41, 5.74) is -0.530. The lowest BCUT2D eigenvalue weighted by Gasteiger charge is -2.34. The monoisotopic (exact) mass is 255 g/mol. The Hall–Kier alpha value is -1.10. The highest BCUT2D eigenvalue weighted by Crippen LogP contribution is 2.18. The Labute approximate surface area is 109 Å². The molecule has 104 valence electrons. The highest BCUT2D eigenvalue weighted by Gasteiger charge is 2.35. The number of carbonyl (C=O) groups excluding carboxylic acids is 2. The second-order valence-electron chi connectivity index (χ2n) is 5.26. The van der Waals surface area contributed by atoms with Crippen LogP contribution in [0.3, 0.4) is 0 Å². The smallest absolute Gasteiger partial charge is 0.244 e. The van der Waals surface area contributed by atoms with Crippen LogP contribution in [0.4, 0.5) is 0 Å². The molecule has 1 heterocycles. The molecule has 1 fully saturated rings. The van der Waals surface area contributed by atoms with E-state index < -0.39 is 11.6 Å². The molecule has 5 nitrogen and oxygen atoms in total. The molecule has 0 aromatic heterocycles. The van der Waals surface area contributed by atoms with Crippen LogP contribution in [0.15, 0.2) is 0 Å². The summed E-state index contributed by atoms with van der Waals surface area (Å²) in [5, 5.41) is 6.06. The zero-order chi connectivity index (χ0) is 13.8. The molecule has 2 N–H and O–H groups in total. The molecular weight excluding hydrogens is 230 g/mol. The zero-order valence-corrected chi connectivity index (χ0v) is 11.9. The molecule has 2 amide bonds. The van der Waals surface area contributed by atoms with Gasteiger partial charge in [-0.15, -0.1) is 0 Å². The molecule has 0 spiro atoms. The molecule has 0 aliphatic carbocycles. The Morgan fingerprint density at radius 1 is 1.44 bits per heavy atom. The van der Waals surface area contributed by atoms with Crippen molar-refractivity contribution in [2.45, 2.75) is 51.6 Å². The Balaban J connectivity index is 2.55. The number of piperidine rings is 1. The standard InChI is InChI=1S/C13H25N3O2/c1-5-16(4)11(17)10(2)15-12(18)13(3)8-6-7-9-14-13/h10,14H,5-9H2,1-4H3,(H,15,18). The first-order valence-electron chi connectivity index (χ1n) is 6.71. The van der Waals surface area contributed by atoms with Gasteiger partial charge in [0.15, 0.2) is 0 Å². The van der Waals surface area contributed by atoms with Gasteiger partial charge in [0, 0.05) is 13.6 Å². The summed E-state index contributed by atoms with van der Waals surface area (Å²) in [5.74, 6) is -0.127. The summed E-state index contributed by atoms with van der Waals surface area (Å²) in [4.78, 5) is 25.7. The lowest BCUT2D eigenvalue weighted by atomic mass is 9.90. The minimum Gasteiger partial charge on any atom is -0.344 e. The first-order valence-corrected chi connectivity index (χ1v) is 6.71. The van der Waals surface area contributed by atoms with Crippen LogP contribution in [0.5, 0.6) is 0 Å². The predicted molar refractivity (Wildman–Crippen MR) is 71.2 cm³/mol. The van der Waals surface area contributed by atoms with Gasteiger partial charge >= 0.3 is 0 Å². The van der Waals surface area contributed by atoms with Crippen LogP contribution in [0, 0.1) is 0 Å². The second kappa shape index (κ2) is 6.18. The van der Waals surface area contributed by atoms with Gasteiger partial charge in [-0.3, -0.25) is 9.59 Å². The summed E-state index contributed by atoms with van der Waals surface area (Å²) in [6, 6.07) is -0.469. The molecule has 1 aliphatic heterocycles. The van der Waals surface area contributed by atoms with Crippen LogP contribution in [-0.2, 0) is 9.59 Å². The van der Waals surface area contributed by atoms with E-state index in [0.717, 1.165) is 25.8 Å². The van der Waals surface area contributed by atoms with E-state index in [0.29, 0.717) is 6.54 Å². The Morgan fingerprint density at radius 3 is 2.61 bits per heavy atom. The Morgan fingerprint density at radius 2 is 2.11 bits per heavy atom. The van der Waals surface area contributed by atoms with Gasteiger partial charge in [0.1, 0.15) is 6.04 Å². The van der Waals surface area contributed by atoms with Crippen LogP contribution in [0.2, 0.25) is 0 Å². The number of hydrogen-bond acceptors (Lipinski definition) is 3. The fourth-order valence-electron chi connectivity index (χ4n) is 2.15. The predicted octanol–water partition coefficient (Wildman–Crippen LogP) is 0.502. The fraction of sp³-hybridized carbons (Fsp3) is 0.846. The average molecular weight is 255 g/mol. The van der Waals surface area contributed by atoms with Crippen molar-refractivity contribution in [3.05, 3.63) is 0 Å². The lowest BCUT2D eigenvalue weighted by molar-refractivity contribution is -0.137. The summed E-state index contributed by atoms with van der Waals surface area (Å²) in [7, 11) is 1.74. The molecule has 18 heavy (non-hydrogen) atoms. The van der Waals surface area contributed by atoms with Crippen molar-refractivity contribution in [1.82, 2.24) is 15.5 Å². The third-order valence-electron chi connectivity index (χ3n) is 3.69. The van der Waals surface area contributed by atoms with Crippen molar-refractivity contribution in [2.24, 2.45) is 0 Å². The van der Waals surface area contributed by atoms with E-state index in [4.69, 9.17) is 0 Å². The first kappa shape index (κ1) is 15.0. The highest BCUT2D eigenvalue weighted by atomic mass is 16.2. The zero-order valence-electron chi connectivity index (χ0n) is 11.9. The van der Waals surface area contributed by atoms with Crippen molar-refractivity contribution in [3.63, 3.8) is 0 Å². The molecule has 0 bridgehead atoms.